The number of allylic oxidation sites excluding steroid dienone is 1. The molecule has 0 aliphatic carbocycles. The molecular formula is C17H23NO2. The van der Waals surface area contributed by atoms with Crippen molar-refractivity contribution < 1.29 is 9.53 Å². The molecule has 0 spiro atoms. The van der Waals surface area contributed by atoms with Crippen molar-refractivity contribution in [1.82, 2.24) is 0 Å². The molecule has 108 valence electrons. The fourth-order valence-corrected chi connectivity index (χ4v) is 2.30. The quantitative estimate of drug-likeness (QED) is 0.614. The lowest BCUT2D eigenvalue weighted by Gasteiger charge is -2.31. The third-order valence-corrected chi connectivity index (χ3v) is 3.27. The summed E-state index contributed by atoms with van der Waals surface area (Å²) in [5.74, 6) is 0.362. The van der Waals surface area contributed by atoms with Crippen LogP contribution in [-0.2, 0) is 4.79 Å². The van der Waals surface area contributed by atoms with Gasteiger partial charge in [0, 0.05) is 17.3 Å². The van der Waals surface area contributed by atoms with Crippen molar-refractivity contribution in [2.75, 3.05) is 5.32 Å². The molecule has 0 saturated carbocycles. The summed E-state index contributed by atoms with van der Waals surface area (Å²) in [5.41, 5.74) is 2.80. The van der Waals surface area contributed by atoms with Gasteiger partial charge in [0.05, 0.1) is 11.0 Å². The van der Waals surface area contributed by atoms with E-state index in [0.29, 0.717) is 5.75 Å². The summed E-state index contributed by atoms with van der Waals surface area (Å²) in [6.45, 7) is 11.9. The van der Waals surface area contributed by atoms with E-state index in [-0.39, 0.29) is 11.5 Å². The number of hydrogen-bond donors (Lipinski definition) is 1. The van der Waals surface area contributed by atoms with E-state index in [0.717, 1.165) is 11.3 Å². The smallest absolute Gasteiger partial charge is 0.316 e. The Labute approximate surface area is 121 Å². The third kappa shape index (κ3) is 3.03. The number of carbonyl (C=O) groups excluding carboxylic acids is 1. The van der Waals surface area contributed by atoms with E-state index in [1.54, 1.807) is 0 Å². The Morgan fingerprint density at radius 1 is 1.25 bits per heavy atom. The molecule has 2 rings (SSSR count). The van der Waals surface area contributed by atoms with Gasteiger partial charge in [0.2, 0.25) is 0 Å². The van der Waals surface area contributed by atoms with Gasteiger partial charge in [-0.15, -0.1) is 0 Å². The van der Waals surface area contributed by atoms with E-state index in [1.807, 2.05) is 39.0 Å². The molecule has 3 heteroatoms. The standard InChI is InChI=1S/C17H23NO2/c1-11-10-17(5,6)18-14-9-12(7-8-13(11)14)20-15(19)16(2,3)4/h7-10,18H,1-6H3. The molecule has 0 aromatic heterocycles. The Bertz CT molecular complexity index is 577. The number of nitrogens with one attached hydrogen (secondary N) is 1. The van der Waals surface area contributed by atoms with Gasteiger partial charge in [-0.25, -0.2) is 0 Å². The maximum atomic E-state index is 11.9. The minimum Gasteiger partial charge on any atom is -0.426 e. The van der Waals surface area contributed by atoms with Gasteiger partial charge in [-0.2, -0.15) is 0 Å². The molecule has 20 heavy (non-hydrogen) atoms. The second kappa shape index (κ2) is 4.65. The van der Waals surface area contributed by atoms with Gasteiger partial charge < -0.3 is 10.1 Å². The Morgan fingerprint density at radius 2 is 1.90 bits per heavy atom. The van der Waals surface area contributed by atoms with Gasteiger partial charge in [0.25, 0.3) is 0 Å². The average molecular weight is 273 g/mol. The average Bonchev–Trinajstić information content (AvgIpc) is 2.25. The van der Waals surface area contributed by atoms with Crippen molar-refractivity contribution >= 4 is 17.2 Å². The van der Waals surface area contributed by atoms with Crippen LogP contribution in [0, 0.1) is 5.41 Å². The van der Waals surface area contributed by atoms with Crippen molar-refractivity contribution in [2.24, 2.45) is 5.41 Å². The third-order valence-electron chi connectivity index (χ3n) is 3.27. The number of carbonyl (C=O) groups is 1. The molecule has 0 unspecified atom stereocenters. The summed E-state index contributed by atoms with van der Waals surface area (Å²) in [4.78, 5) is 11.9. The first-order valence-corrected chi connectivity index (χ1v) is 6.93. The number of fused-ring (bicyclic) bond motifs is 1. The first kappa shape index (κ1) is 14.6. The van der Waals surface area contributed by atoms with Crippen LogP contribution in [0.25, 0.3) is 5.57 Å². The van der Waals surface area contributed by atoms with Crippen molar-refractivity contribution in [2.45, 2.75) is 47.1 Å². The van der Waals surface area contributed by atoms with E-state index >= 15 is 0 Å². The number of benzene rings is 1. The van der Waals surface area contributed by atoms with Gasteiger partial charge in [-0.1, -0.05) is 6.08 Å². The Hall–Kier alpha value is -1.77. The monoisotopic (exact) mass is 273 g/mol. The number of hydrogen-bond acceptors (Lipinski definition) is 3. The van der Waals surface area contributed by atoms with Crippen LogP contribution < -0.4 is 10.1 Å². The maximum absolute atomic E-state index is 11.9. The highest BCUT2D eigenvalue weighted by Gasteiger charge is 2.26. The highest BCUT2D eigenvalue weighted by atomic mass is 16.5. The van der Waals surface area contributed by atoms with Crippen LogP contribution in [0.3, 0.4) is 0 Å². The van der Waals surface area contributed by atoms with Crippen LogP contribution >= 0.6 is 0 Å². The second-order valence-corrected chi connectivity index (χ2v) is 7.02. The summed E-state index contributed by atoms with van der Waals surface area (Å²) in [7, 11) is 0. The molecule has 0 fully saturated rings. The van der Waals surface area contributed by atoms with Crippen LogP contribution in [0.5, 0.6) is 5.75 Å². The lowest BCUT2D eigenvalue weighted by molar-refractivity contribution is -0.142. The van der Waals surface area contributed by atoms with Crippen LogP contribution in [0.1, 0.15) is 47.1 Å². The molecule has 1 N–H and O–H groups in total. The SMILES string of the molecule is CC1=CC(C)(C)Nc2cc(OC(=O)C(C)(C)C)ccc21. The van der Waals surface area contributed by atoms with E-state index < -0.39 is 5.41 Å². The zero-order valence-electron chi connectivity index (χ0n) is 13.1. The second-order valence-electron chi connectivity index (χ2n) is 7.02. The highest BCUT2D eigenvalue weighted by Crippen LogP contribution is 2.36. The molecule has 0 radical (unpaired) electrons. The Kier molecular flexibility index (Phi) is 3.41. The largest absolute Gasteiger partial charge is 0.426 e. The summed E-state index contributed by atoms with van der Waals surface area (Å²) >= 11 is 0. The van der Waals surface area contributed by atoms with Gasteiger partial charge in [0.1, 0.15) is 5.75 Å². The molecular weight excluding hydrogens is 250 g/mol. The number of esters is 1. The van der Waals surface area contributed by atoms with Crippen molar-refractivity contribution in [3.63, 3.8) is 0 Å². The minimum atomic E-state index is -0.502. The van der Waals surface area contributed by atoms with Crippen molar-refractivity contribution in [3.8, 4) is 5.75 Å². The predicted octanol–water partition coefficient (Wildman–Crippen LogP) is 4.25. The van der Waals surface area contributed by atoms with Gasteiger partial charge in [-0.05, 0) is 59.2 Å². The van der Waals surface area contributed by atoms with Crippen LogP contribution in [0.2, 0.25) is 0 Å². The molecule has 1 aromatic rings. The molecule has 0 amide bonds. The molecule has 1 aliphatic rings. The lowest BCUT2D eigenvalue weighted by atomic mass is 9.91. The first-order valence-electron chi connectivity index (χ1n) is 6.93. The molecule has 3 nitrogen and oxygen atoms in total. The zero-order chi connectivity index (χ0) is 15.1. The minimum absolute atomic E-state index is 0.0935. The first-order chi connectivity index (χ1) is 9.08. The fourth-order valence-electron chi connectivity index (χ4n) is 2.30. The van der Waals surface area contributed by atoms with Crippen LogP contribution in [0.4, 0.5) is 5.69 Å². The summed E-state index contributed by atoms with van der Waals surface area (Å²) < 4.78 is 5.45. The topological polar surface area (TPSA) is 38.3 Å². The van der Waals surface area contributed by atoms with Gasteiger partial charge in [-0.3, -0.25) is 4.79 Å². The Balaban J connectivity index is 2.30. The number of rotatable bonds is 1. The maximum Gasteiger partial charge on any atom is 0.316 e. The van der Waals surface area contributed by atoms with Gasteiger partial charge in [0.15, 0.2) is 0 Å². The predicted molar refractivity (Wildman–Crippen MR) is 82.9 cm³/mol. The summed E-state index contributed by atoms with van der Waals surface area (Å²) in [6, 6.07) is 5.74. The molecule has 0 bridgehead atoms. The van der Waals surface area contributed by atoms with E-state index in [1.165, 1.54) is 5.57 Å². The Morgan fingerprint density at radius 3 is 2.50 bits per heavy atom. The zero-order valence-corrected chi connectivity index (χ0v) is 13.1. The van der Waals surface area contributed by atoms with Crippen molar-refractivity contribution in [1.29, 1.82) is 0 Å². The molecule has 0 saturated heterocycles. The number of anilines is 1. The normalized spacial score (nSPS) is 16.8. The lowest BCUT2D eigenvalue weighted by Crippen LogP contribution is -2.31. The molecule has 1 heterocycles. The van der Waals surface area contributed by atoms with E-state index in [9.17, 15) is 4.79 Å². The molecule has 0 atom stereocenters. The van der Waals surface area contributed by atoms with E-state index in [4.69, 9.17) is 4.74 Å². The highest BCUT2D eigenvalue weighted by molar-refractivity contribution is 5.82. The fraction of sp³-hybridized carbons (Fsp3) is 0.471. The van der Waals surface area contributed by atoms with Crippen LogP contribution in [-0.4, -0.2) is 11.5 Å². The molecule has 1 aromatic carbocycles. The summed E-state index contributed by atoms with van der Waals surface area (Å²) in [6.07, 6.45) is 2.20. The van der Waals surface area contributed by atoms with Gasteiger partial charge >= 0.3 is 5.97 Å². The van der Waals surface area contributed by atoms with E-state index in [2.05, 4.69) is 32.2 Å². The molecule has 1 aliphatic heterocycles. The number of ether oxygens (including phenoxy) is 1. The van der Waals surface area contributed by atoms with Crippen molar-refractivity contribution in [3.05, 3.63) is 29.8 Å². The van der Waals surface area contributed by atoms with Crippen LogP contribution in [0.15, 0.2) is 24.3 Å². The summed E-state index contributed by atoms with van der Waals surface area (Å²) in [5, 5.41) is 3.45.